The van der Waals surface area contributed by atoms with Crippen molar-refractivity contribution in [2.75, 3.05) is 33.1 Å². The van der Waals surface area contributed by atoms with E-state index < -0.39 is 0 Å². The number of nitrogens with one attached hydrogen (secondary N) is 2. The number of carbonyl (C=O) groups is 1. The Balaban J connectivity index is 1.64. The number of methoxy groups -OCH3 is 1. The van der Waals surface area contributed by atoms with Gasteiger partial charge in [-0.2, -0.15) is 0 Å². The second-order valence-corrected chi connectivity index (χ2v) is 7.82. The summed E-state index contributed by atoms with van der Waals surface area (Å²) in [5.41, 5.74) is 3.79. The molecule has 0 radical (unpaired) electrons. The second kappa shape index (κ2) is 9.54. The molecular formula is C22H26N4O2S. The van der Waals surface area contributed by atoms with Gasteiger partial charge in [0.1, 0.15) is 10.8 Å². The molecule has 0 aliphatic heterocycles. The van der Waals surface area contributed by atoms with Crippen LogP contribution in [0.2, 0.25) is 0 Å². The molecule has 6 nitrogen and oxygen atoms in total. The Morgan fingerprint density at radius 3 is 2.69 bits per heavy atom. The highest BCUT2D eigenvalue weighted by atomic mass is 32.1. The first kappa shape index (κ1) is 20.8. The largest absolute Gasteiger partial charge is 0.497 e. The smallest absolute Gasteiger partial charge is 0.319 e. The predicted octanol–water partition coefficient (Wildman–Crippen LogP) is 4.55. The van der Waals surface area contributed by atoms with Crippen molar-refractivity contribution >= 4 is 23.1 Å². The Bertz CT molecular complexity index is 971. The van der Waals surface area contributed by atoms with Gasteiger partial charge >= 0.3 is 6.03 Å². The van der Waals surface area contributed by atoms with E-state index in [0.29, 0.717) is 6.54 Å². The van der Waals surface area contributed by atoms with Gasteiger partial charge in [-0.25, -0.2) is 9.78 Å². The van der Waals surface area contributed by atoms with E-state index in [4.69, 9.17) is 4.74 Å². The lowest BCUT2D eigenvalue weighted by Crippen LogP contribution is -2.36. The summed E-state index contributed by atoms with van der Waals surface area (Å²) in [7, 11) is 5.63. The molecule has 1 aromatic heterocycles. The Hall–Kier alpha value is -2.90. The van der Waals surface area contributed by atoms with Crippen molar-refractivity contribution in [1.82, 2.24) is 15.2 Å². The maximum Gasteiger partial charge on any atom is 0.319 e. The number of hydrogen-bond acceptors (Lipinski definition) is 5. The van der Waals surface area contributed by atoms with Crippen molar-refractivity contribution < 1.29 is 9.53 Å². The van der Waals surface area contributed by atoms with E-state index >= 15 is 0 Å². The van der Waals surface area contributed by atoms with Crippen LogP contribution in [-0.4, -0.2) is 43.7 Å². The third-order valence-corrected chi connectivity index (χ3v) is 5.55. The Kier molecular flexibility index (Phi) is 6.85. The van der Waals surface area contributed by atoms with Crippen molar-refractivity contribution in [2.45, 2.75) is 13.0 Å². The van der Waals surface area contributed by atoms with Gasteiger partial charge in [-0.1, -0.05) is 24.3 Å². The highest BCUT2D eigenvalue weighted by molar-refractivity contribution is 7.13. The van der Waals surface area contributed by atoms with E-state index in [-0.39, 0.29) is 12.1 Å². The number of amides is 2. The first-order chi connectivity index (χ1) is 14.0. The summed E-state index contributed by atoms with van der Waals surface area (Å²) in [6.45, 7) is 2.44. The van der Waals surface area contributed by atoms with E-state index in [9.17, 15) is 4.79 Å². The number of aryl methyl sites for hydroxylation is 1. The van der Waals surface area contributed by atoms with Crippen LogP contribution < -0.4 is 15.4 Å². The van der Waals surface area contributed by atoms with Gasteiger partial charge < -0.3 is 20.3 Å². The van der Waals surface area contributed by atoms with E-state index in [1.165, 1.54) is 0 Å². The number of benzene rings is 2. The molecule has 152 valence electrons. The van der Waals surface area contributed by atoms with E-state index in [0.717, 1.165) is 33.3 Å². The van der Waals surface area contributed by atoms with Crippen LogP contribution in [0.3, 0.4) is 0 Å². The first-order valence-electron chi connectivity index (χ1n) is 9.34. The number of nitrogens with zero attached hydrogens (tertiary/aromatic N) is 2. The number of thiazole rings is 1. The van der Waals surface area contributed by atoms with Crippen LogP contribution in [0, 0.1) is 6.92 Å². The molecule has 0 saturated heterocycles. The fourth-order valence-corrected chi connectivity index (χ4v) is 3.82. The Morgan fingerprint density at radius 2 is 2.00 bits per heavy atom. The van der Waals surface area contributed by atoms with Gasteiger partial charge in [-0.15, -0.1) is 11.3 Å². The minimum absolute atomic E-state index is 0.0282. The van der Waals surface area contributed by atoms with Crippen molar-refractivity contribution in [3.05, 3.63) is 65.2 Å². The highest BCUT2D eigenvalue weighted by Gasteiger charge is 2.16. The average molecular weight is 411 g/mol. The maximum absolute atomic E-state index is 12.5. The van der Waals surface area contributed by atoms with Crippen molar-refractivity contribution in [3.63, 3.8) is 0 Å². The van der Waals surface area contributed by atoms with Gasteiger partial charge in [0.15, 0.2) is 0 Å². The number of anilines is 1. The summed E-state index contributed by atoms with van der Waals surface area (Å²) in [4.78, 5) is 19.0. The molecule has 0 aliphatic carbocycles. The first-order valence-corrected chi connectivity index (χ1v) is 10.2. The van der Waals surface area contributed by atoms with Crippen molar-refractivity contribution in [1.29, 1.82) is 0 Å². The normalized spacial score (nSPS) is 11.9. The minimum Gasteiger partial charge on any atom is -0.497 e. The molecule has 2 aromatic carbocycles. The van der Waals surface area contributed by atoms with Crippen LogP contribution in [0.5, 0.6) is 5.75 Å². The van der Waals surface area contributed by atoms with Gasteiger partial charge in [0.25, 0.3) is 0 Å². The molecular weight excluding hydrogens is 384 g/mol. The molecule has 1 heterocycles. The number of ether oxygens (including phenoxy) is 1. The molecule has 7 heteroatoms. The fraction of sp³-hybridized carbons (Fsp3) is 0.273. The highest BCUT2D eigenvalue weighted by Crippen LogP contribution is 2.26. The van der Waals surface area contributed by atoms with Crippen LogP contribution in [0.1, 0.15) is 17.3 Å². The third kappa shape index (κ3) is 5.56. The van der Waals surface area contributed by atoms with Crippen LogP contribution in [0.25, 0.3) is 10.6 Å². The van der Waals surface area contributed by atoms with Crippen LogP contribution in [0.15, 0.2) is 53.9 Å². The summed E-state index contributed by atoms with van der Waals surface area (Å²) in [6, 6.07) is 15.4. The lowest BCUT2D eigenvalue weighted by molar-refractivity contribution is 0.243. The number of urea groups is 1. The summed E-state index contributed by atoms with van der Waals surface area (Å²) in [6.07, 6.45) is 0. The third-order valence-electron chi connectivity index (χ3n) is 4.54. The quantitative estimate of drug-likeness (QED) is 0.600. The van der Waals surface area contributed by atoms with E-state index in [1.807, 2.05) is 74.9 Å². The Labute approximate surface area is 175 Å². The molecule has 0 saturated carbocycles. The summed E-state index contributed by atoms with van der Waals surface area (Å²) < 4.78 is 5.32. The standard InChI is InChI=1S/C22H26N4O2S/c1-15-14-29-21(24-15)17-8-5-9-18(11-17)25-22(27)23-13-20(26(2)3)16-7-6-10-19(12-16)28-4/h5-12,14,20H,13H2,1-4H3,(H2,23,25,27). The van der Waals surface area contributed by atoms with Crippen LogP contribution in [0.4, 0.5) is 10.5 Å². The van der Waals surface area contributed by atoms with Crippen LogP contribution in [-0.2, 0) is 0 Å². The second-order valence-electron chi connectivity index (χ2n) is 6.97. The van der Waals surface area contributed by atoms with E-state index in [2.05, 4.69) is 20.5 Å². The lowest BCUT2D eigenvalue weighted by atomic mass is 10.1. The summed E-state index contributed by atoms with van der Waals surface area (Å²) in [5.74, 6) is 0.799. The Morgan fingerprint density at radius 1 is 1.21 bits per heavy atom. The zero-order chi connectivity index (χ0) is 20.8. The SMILES string of the molecule is COc1cccc(C(CNC(=O)Nc2cccc(-c3nc(C)cs3)c2)N(C)C)c1. The van der Waals surface area contributed by atoms with Gasteiger partial charge in [0.2, 0.25) is 0 Å². The number of carbonyl (C=O) groups excluding carboxylic acids is 1. The van der Waals surface area contributed by atoms with Gasteiger partial charge in [-0.3, -0.25) is 0 Å². The van der Waals surface area contributed by atoms with Gasteiger partial charge in [0, 0.05) is 28.9 Å². The minimum atomic E-state index is -0.243. The molecule has 0 aliphatic rings. The zero-order valence-electron chi connectivity index (χ0n) is 17.1. The average Bonchev–Trinajstić information content (AvgIpc) is 3.14. The topological polar surface area (TPSA) is 66.5 Å². The predicted molar refractivity (Wildman–Crippen MR) is 119 cm³/mol. The molecule has 1 unspecified atom stereocenters. The van der Waals surface area contributed by atoms with Crippen LogP contribution >= 0.6 is 11.3 Å². The number of likely N-dealkylation sites (N-methyl/N-ethyl adjacent to an activating group) is 1. The molecule has 0 fully saturated rings. The molecule has 2 amide bonds. The summed E-state index contributed by atoms with van der Waals surface area (Å²) >= 11 is 1.59. The fourth-order valence-electron chi connectivity index (χ4n) is 3.03. The van der Waals surface area contributed by atoms with Crippen molar-refractivity contribution in [3.8, 4) is 16.3 Å². The molecule has 0 bridgehead atoms. The van der Waals surface area contributed by atoms with E-state index in [1.54, 1.807) is 18.4 Å². The molecule has 3 aromatic rings. The number of aromatic nitrogens is 1. The molecule has 29 heavy (non-hydrogen) atoms. The maximum atomic E-state index is 12.5. The summed E-state index contributed by atoms with van der Waals surface area (Å²) in [5, 5.41) is 8.83. The molecule has 0 spiro atoms. The van der Waals surface area contributed by atoms with Gasteiger partial charge in [-0.05, 0) is 50.8 Å². The lowest BCUT2D eigenvalue weighted by Gasteiger charge is -2.25. The monoisotopic (exact) mass is 410 g/mol. The molecule has 3 rings (SSSR count). The molecule has 1 atom stereocenters. The molecule has 2 N–H and O–H groups in total. The van der Waals surface area contributed by atoms with Crippen molar-refractivity contribution in [2.24, 2.45) is 0 Å². The van der Waals surface area contributed by atoms with Gasteiger partial charge in [0.05, 0.1) is 13.2 Å². The number of hydrogen-bond donors (Lipinski definition) is 2. The zero-order valence-corrected chi connectivity index (χ0v) is 17.9. The number of rotatable bonds is 7.